The average Bonchev–Trinajstić information content (AvgIpc) is 2.66. The maximum absolute atomic E-state index is 13.7. The highest BCUT2D eigenvalue weighted by Gasteiger charge is 2.12. The van der Waals surface area contributed by atoms with Crippen LogP contribution >= 0.6 is 0 Å². The summed E-state index contributed by atoms with van der Waals surface area (Å²) in [6.45, 7) is 7.02. The number of nitrogens with one attached hydrogen (secondary N) is 2. The Hall–Kier alpha value is -2.68. The van der Waals surface area contributed by atoms with Crippen LogP contribution in [-0.4, -0.2) is 39.3 Å². The van der Waals surface area contributed by atoms with Crippen LogP contribution in [-0.2, 0) is 28.7 Å². The fourth-order valence-corrected chi connectivity index (χ4v) is 3.93. The molecule has 2 rings (SSSR count). The number of benzene rings is 1. The number of hydrogen-bond donors (Lipinski definition) is 2. The Kier molecular flexibility index (Phi) is 8.16. The van der Waals surface area contributed by atoms with Crippen LogP contribution in [0.15, 0.2) is 29.4 Å². The first-order valence-corrected chi connectivity index (χ1v) is 11.7. The molecular weight excluding hydrogens is 407 g/mol. The normalized spacial score (nSPS) is 12.0. The summed E-state index contributed by atoms with van der Waals surface area (Å²) in [5.41, 5.74) is 3.81. The van der Waals surface area contributed by atoms with E-state index in [4.69, 9.17) is 4.74 Å². The smallest absolute Gasteiger partial charge is 0.191 e. The van der Waals surface area contributed by atoms with E-state index in [2.05, 4.69) is 20.6 Å². The summed E-state index contributed by atoms with van der Waals surface area (Å²) in [6.07, 6.45) is 2.91. The summed E-state index contributed by atoms with van der Waals surface area (Å²) in [6, 6.07) is 4.08. The van der Waals surface area contributed by atoms with Crippen molar-refractivity contribution in [1.29, 1.82) is 0 Å². The van der Waals surface area contributed by atoms with Gasteiger partial charge in [0.1, 0.15) is 11.6 Å². The van der Waals surface area contributed by atoms with E-state index >= 15 is 0 Å². The largest absolute Gasteiger partial charge is 0.496 e. The van der Waals surface area contributed by atoms with Crippen LogP contribution in [0.5, 0.6) is 5.75 Å². The minimum Gasteiger partial charge on any atom is -0.496 e. The van der Waals surface area contributed by atoms with Gasteiger partial charge < -0.3 is 15.4 Å². The first-order valence-electron chi connectivity index (χ1n) is 9.60. The molecule has 1 aromatic carbocycles. The second kappa shape index (κ2) is 10.4. The molecule has 164 valence electrons. The Morgan fingerprint density at radius 2 is 1.97 bits per heavy atom. The first-order chi connectivity index (χ1) is 14.1. The Bertz CT molecular complexity index is 1020. The zero-order valence-electron chi connectivity index (χ0n) is 18.0. The Morgan fingerprint density at radius 3 is 2.60 bits per heavy atom. The summed E-state index contributed by atoms with van der Waals surface area (Å²) in [5.74, 6) is 0.734. The summed E-state index contributed by atoms with van der Waals surface area (Å²) >= 11 is 0. The molecule has 2 N–H and O–H groups in total. The van der Waals surface area contributed by atoms with E-state index in [1.54, 1.807) is 13.3 Å². The van der Waals surface area contributed by atoms with E-state index in [-0.39, 0.29) is 12.3 Å². The maximum atomic E-state index is 13.7. The molecule has 9 heteroatoms. The minimum absolute atomic E-state index is 0.140. The van der Waals surface area contributed by atoms with Crippen LogP contribution in [0.25, 0.3) is 0 Å². The molecule has 30 heavy (non-hydrogen) atoms. The fraction of sp³-hybridized carbons (Fsp3) is 0.429. The number of halogens is 1. The molecule has 0 bridgehead atoms. The standard InChI is InChI=1S/C21H29FN4O3S/c1-6-23-21(26-12-19-15(3)20(29-4)14(2)10-24-19)25-11-17-9-18(22)8-7-16(17)13-30(5,27)28/h7-10H,6,11-13H2,1-5H3,(H2,23,25,26). The number of methoxy groups -OCH3 is 1. The lowest BCUT2D eigenvalue weighted by molar-refractivity contribution is 0.406. The van der Waals surface area contributed by atoms with Gasteiger partial charge in [-0.3, -0.25) is 4.98 Å². The molecule has 1 aromatic heterocycles. The second-order valence-corrected chi connectivity index (χ2v) is 9.22. The van der Waals surface area contributed by atoms with E-state index < -0.39 is 15.7 Å². The van der Waals surface area contributed by atoms with Crippen molar-refractivity contribution in [1.82, 2.24) is 15.6 Å². The predicted octanol–water partition coefficient (Wildman–Crippen LogP) is 2.65. The Morgan fingerprint density at radius 1 is 1.23 bits per heavy atom. The van der Waals surface area contributed by atoms with Crippen LogP contribution in [0.2, 0.25) is 0 Å². The zero-order valence-corrected chi connectivity index (χ0v) is 18.9. The van der Waals surface area contributed by atoms with Gasteiger partial charge in [-0.2, -0.15) is 0 Å². The number of aryl methyl sites for hydroxylation is 1. The highest BCUT2D eigenvalue weighted by atomic mass is 32.2. The van der Waals surface area contributed by atoms with Crippen molar-refractivity contribution in [3.05, 3.63) is 58.2 Å². The Labute approximate surface area is 177 Å². The third-order valence-electron chi connectivity index (χ3n) is 4.51. The topological polar surface area (TPSA) is 92.7 Å². The molecule has 1 heterocycles. The van der Waals surface area contributed by atoms with Gasteiger partial charge in [-0.15, -0.1) is 0 Å². The molecule has 0 amide bonds. The summed E-state index contributed by atoms with van der Waals surface area (Å²) in [7, 11) is -1.61. The number of rotatable bonds is 8. The van der Waals surface area contributed by atoms with Crippen LogP contribution in [0.3, 0.4) is 0 Å². The lowest BCUT2D eigenvalue weighted by atomic mass is 10.1. The van der Waals surface area contributed by atoms with Crippen LogP contribution in [0.4, 0.5) is 4.39 Å². The minimum atomic E-state index is -3.24. The SMILES string of the molecule is CCNC(=NCc1cc(F)ccc1CS(C)(=O)=O)NCc1ncc(C)c(OC)c1C. The van der Waals surface area contributed by atoms with Crippen molar-refractivity contribution in [2.45, 2.75) is 39.6 Å². The number of ether oxygens (including phenoxy) is 1. The molecule has 2 aromatic rings. The van der Waals surface area contributed by atoms with Crippen molar-refractivity contribution in [2.75, 3.05) is 19.9 Å². The number of aliphatic imine (C=N–C) groups is 1. The number of aromatic nitrogens is 1. The first kappa shape index (κ1) is 23.6. The highest BCUT2D eigenvalue weighted by molar-refractivity contribution is 7.89. The van der Waals surface area contributed by atoms with E-state index in [9.17, 15) is 12.8 Å². The summed E-state index contributed by atoms with van der Waals surface area (Å²) in [5, 5.41) is 6.34. The van der Waals surface area contributed by atoms with Crippen molar-refractivity contribution in [3.8, 4) is 5.75 Å². The monoisotopic (exact) mass is 436 g/mol. The number of hydrogen-bond acceptors (Lipinski definition) is 5. The molecule has 0 atom stereocenters. The van der Waals surface area contributed by atoms with Gasteiger partial charge in [-0.1, -0.05) is 6.07 Å². The number of sulfone groups is 1. The molecule has 0 aliphatic carbocycles. The third kappa shape index (κ3) is 6.69. The molecule has 0 fully saturated rings. The second-order valence-electron chi connectivity index (χ2n) is 7.08. The van der Waals surface area contributed by atoms with Gasteiger partial charge in [0.15, 0.2) is 15.8 Å². The van der Waals surface area contributed by atoms with E-state index in [1.165, 1.54) is 18.2 Å². The predicted molar refractivity (Wildman–Crippen MR) is 117 cm³/mol. The van der Waals surface area contributed by atoms with Gasteiger partial charge in [0.05, 0.1) is 31.6 Å². The van der Waals surface area contributed by atoms with Gasteiger partial charge in [-0.05, 0) is 44.0 Å². The van der Waals surface area contributed by atoms with Gasteiger partial charge in [0.2, 0.25) is 0 Å². The molecule has 0 unspecified atom stereocenters. The molecule has 0 spiro atoms. The maximum Gasteiger partial charge on any atom is 0.191 e. The summed E-state index contributed by atoms with van der Waals surface area (Å²) < 4.78 is 42.5. The number of nitrogens with zero attached hydrogens (tertiary/aromatic N) is 2. The van der Waals surface area contributed by atoms with Gasteiger partial charge in [0.25, 0.3) is 0 Å². The number of pyridine rings is 1. The molecule has 0 saturated heterocycles. The molecule has 0 saturated carbocycles. The fourth-order valence-electron chi connectivity index (χ4n) is 3.09. The molecule has 0 aliphatic heterocycles. The molecule has 7 nitrogen and oxygen atoms in total. The lowest BCUT2D eigenvalue weighted by Gasteiger charge is -2.15. The van der Waals surface area contributed by atoms with Crippen LogP contribution in [0, 0.1) is 19.7 Å². The lowest BCUT2D eigenvalue weighted by Crippen LogP contribution is -2.37. The highest BCUT2D eigenvalue weighted by Crippen LogP contribution is 2.23. The molecule has 0 radical (unpaired) electrons. The van der Waals surface area contributed by atoms with Crippen molar-refractivity contribution in [2.24, 2.45) is 4.99 Å². The van der Waals surface area contributed by atoms with E-state index in [0.717, 1.165) is 28.8 Å². The van der Waals surface area contributed by atoms with Crippen LogP contribution < -0.4 is 15.4 Å². The van der Waals surface area contributed by atoms with Gasteiger partial charge in [0, 0.05) is 30.1 Å². The van der Waals surface area contributed by atoms with E-state index in [0.29, 0.717) is 30.2 Å². The zero-order chi connectivity index (χ0) is 22.3. The molecule has 0 aliphatic rings. The third-order valence-corrected chi connectivity index (χ3v) is 5.35. The van der Waals surface area contributed by atoms with Crippen LogP contribution in [0.1, 0.15) is 34.9 Å². The average molecular weight is 437 g/mol. The summed E-state index contributed by atoms with van der Waals surface area (Å²) in [4.78, 5) is 8.96. The van der Waals surface area contributed by atoms with E-state index in [1.807, 2.05) is 20.8 Å². The molecular formula is C21H29FN4O3S. The van der Waals surface area contributed by atoms with Crippen molar-refractivity contribution < 1.29 is 17.5 Å². The quantitative estimate of drug-likeness (QED) is 0.488. The van der Waals surface area contributed by atoms with Gasteiger partial charge in [-0.25, -0.2) is 17.8 Å². The van der Waals surface area contributed by atoms with Crippen molar-refractivity contribution >= 4 is 15.8 Å². The Balaban J connectivity index is 2.21. The van der Waals surface area contributed by atoms with Crippen molar-refractivity contribution in [3.63, 3.8) is 0 Å². The number of guanidine groups is 1. The van der Waals surface area contributed by atoms with Gasteiger partial charge >= 0.3 is 0 Å².